The summed E-state index contributed by atoms with van der Waals surface area (Å²) in [7, 11) is 0. The number of nitrogen functional groups attached to an aromatic ring is 1. The van der Waals surface area contributed by atoms with Gasteiger partial charge in [0, 0.05) is 5.56 Å². The monoisotopic (exact) mass is 268 g/mol. The molecular weight excluding hydrogens is 255 g/mol. The Morgan fingerprint density at radius 2 is 1.90 bits per heavy atom. The lowest BCUT2D eigenvalue weighted by molar-refractivity contribution is 0.436. The Labute approximate surface area is 115 Å². The Balaban J connectivity index is 2.23. The molecule has 0 fully saturated rings. The van der Waals surface area contributed by atoms with Crippen LogP contribution in [-0.2, 0) is 0 Å². The molecule has 0 spiro atoms. The molecule has 0 unspecified atom stereocenters. The summed E-state index contributed by atoms with van der Waals surface area (Å²) in [4.78, 5) is 0. The minimum absolute atomic E-state index is 0.258. The number of nitrogens with two attached hydrogens (primary N) is 1. The average molecular weight is 268 g/mol. The lowest BCUT2D eigenvalue weighted by Gasteiger charge is -2.05. The summed E-state index contributed by atoms with van der Waals surface area (Å²) in [5.41, 5.74) is 9.10. The summed E-state index contributed by atoms with van der Waals surface area (Å²) in [5, 5.41) is 3.82. The molecule has 3 aromatic rings. The van der Waals surface area contributed by atoms with E-state index >= 15 is 0 Å². The van der Waals surface area contributed by atoms with E-state index < -0.39 is 0 Å². The Bertz CT molecular complexity index is 765. The predicted octanol–water partition coefficient (Wildman–Crippen LogP) is 4.04. The lowest BCUT2D eigenvalue weighted by atomic mass is 9.99. The van der Waals surface area contributed by atoms with Crippen molar-refractivity contribution in [3.8, 4) is 22.5 Å². The van der Waals surface area contributed by atoms with E-state index in [9.17, 15) is 4.39 Å². The molecule has 3 nitrogen and oxygen atoms in total. The first-order valence-corrected chi connectivity index (χ1v) is 6.24. The molecule has 100 valence electrons. The van der Waals surface area contributed by atoms with E-state index in [1.807, 2.05) is 31.2 Å². The molecule has 0 amide bonds. The number of aromatic nitrogens is 1. The zero-order chi connectivity index (χ0) is 14.1. The number of rotatable bonds is 2. The van der Waals surface area contributed by atoms with Crippen LogP contribution in [-0.4, -0.2) is 5.16 Å². The molecule has 0 bridgehead atoms. The summed E-state index contributed by atoms with van der Waals surface area (Å²) in [6.45, 7) is 1.98. The molecule has 0 saturated carbocycles. The molecule has 0 aliphatic carbocycles. The minimum Gasteiger partial charge on any atom is -0.380 e. The van der Waals surface area contributed by atoms with Crippen molar-refractivity contribution in [2.75, 3.05) is 5.73 Å². The van der Waals surface area contributed by atoms with Gasteiger partial charge in [-0.25, -0.2) is 4.39 Å². The number of hydrogen-bond donors (Lipinski definition) is 1. The first kappa shape index (κ1) is 12.4. The molecule has 0 aliphatic rings. The van der Waals surface area contributed by atoms with E-state index in [4.69, 9.17) is 10.3 Å². The first-order chi connectivity index (χ1) is 9.66. The number of halogens is 1. The van der Waals surface area contributed by atoms with Crippen LogP contribution in [0.2, 0.25) is 0 Å². The van der Waals surface area contributed by atoms with Crippen LogP contribution in [0.1, 0.15) is 5.56 Å². The van der Waals surface area contributed by atoms with Gasteiger partial charge in [0.25, 0.3) is 0 Å². The number of anilines is 1. The fourth-order valence-electron chi connectivity index (χ4n) is 2.24. The predicted molar refractivity (Wildman–Crippen MR) is 76.5 cm³/mol. The van der Waals surface area contributed by atoms with Crippen LogP contribution < -0.4 is 5.73 Å². The van der Waals surface area contributed by atoms with Crippen LogP contribution in [0, 0.1) is 12.7 Å². The van der Waals surface area contributed by atoms with Gasteiger partial charge >= 0.3 is 0 Å². The van der Waals surface area contributed by atoms with E-state index in [1.165, 1.54) is 12.1 Å². The van der Waals surface area contributed by atoms with E-state index in [-0.39, 0.29) is 11.6 Å². The Hall–Kier alpha value is -2.62. The van der Waals surface area contributed by atoms with E-state index in [1.54, 1.807) is 12.1 Å². The van der Waals surface area contributed by atoms with Crippen molar-refractivity contribution < 1.29 is 8.91 Å². The minimum atomic E-state index is -0.321. The van der Waals surface area contributed by atoms with Crippen molar-refractivity contribution in [3.05, 3.63) is 59.9 Å². The second-order valence-corrected chi connectivity index (χ2v) is 4.60. The lowest BCUT2D eigenvalue weighted by Crippen LogP contribution is -1.90. The first-order valence-electron chi connectivity index (χ1n) is 6.24. The van der Waals surface area contributed by atoms with Crippen molar-refractivity contribution in [3.63, 3.8) is 0 Å². The molecule has 0 radical (unpaired) electrons. The van der Waals surface area contributed by atoms with Gasteiger partial charge in [-0.15, -0.1) is 0 Å². The topological polar surface area (TPSA) is 52.0 Å². The van der Waals surface area contributed by atoms with Crippen LogP contribution in [0.4, 0.5) is 10.2 Å². The molecule has 20 heavy (non-hydrogen) atoms. The molecular formula is C16H13FN2O. The third-order valence-electron chi connectivity index (χ3n) is 3.22. The smallest absolute Gasteiger partial charge is 0.177 e. The van der Waals surface area contributed by atoms with Crippen molar-refractivity contribution in [2.45, 2.75) is 6.92 Å². The van der Waals surface area contributed by atoms with Gasteiger partial charge < -0.3 is 10.3 Å². The Kier molecular flexibility index (Phi) is 2.99. The fraction of sp³-hybridized carbons (Fsp3) is 0.0625. The SMILES string of the molecule is Cc1ccccc1-c1onc(N)c1-c1cccc(F)c1. The number of hydrogen-bond acceptors (Lipinski definition) is 3. The van der Waals surface area contributed by atoms with E-state index in [2.05, 4.69) is 5.16 Å². The van der Waals surface area contributed by atoms with Gasteiger partial charge in [0.15, 0.2) is 11.6 Å². The molecule has 0 atom stereocenters. The zero-order valence-corrected chi connectivity index (χ0v) is 10.9. The third-order valence-corrected chi connectivity index (χ3v) is 3.22. The second kappa shape index (κ2) is 4.81. The molecule has 2 N–H and O–H groups in total. The highest BCUT2D eigenvalue weighted by molar-refractivity contribution is 5.87. The molecule has 3 rings (SSSR count). The standard InChI is InChI=1S/C16H13FN2O/c1-10-5-2-3-8-13(10)15-14(16(18)19-20-15)11-6-4-7-12(17)9-11/h2-9H,1H3,(H2,18,19). The van der Waals surface area contributed by atoms with Crippen LogP contribution in [0.25, 0.3) is 22.5 Å². The highest BCUT2D eigenvalue weighted by Crippen LogP contribution is 2.37. The van der Waals surface area contributed by atoms with Crippen LogP contribution in [0.3, 0.4) is 0 Å². The van der Waals surface area contributed by atoms with E-state index in [0.29, 0.717) is 16.9 Å². The Morgan fingerprint density at radius 3 is 2.65 bits per heavy atom. The zero-order valence-electron chi connectivity index (χ0n) is 10.9. The summed E-state index contributed by atoms with van der Waals surface area (Å²) >= 11 is 0. The number of aryl methyl sites for hydroxylation is 1. The summed E-state index contributed by atoms with van der Waals surface area (Å²) in [6, 6.07) is 14.0. The largest absolute Gasteiger partial charge is 0.380 e. The molecule has 2 aromatic carbocycles. The van der Waals surface area contributed by atoms with Gasteiger partial charge in [-0.05, 0) is 30.2 Å². The summed E-state index contributed by atoms with van der Waals surface area (Å²) < 4.78 is 18.8. The van der Waals surface area contributed by atoms with Crippen LogP contribution in [0.15, 0.2) is 53.1 Å². The molecule has 4 heteroatoms. The van der Waals surface area contributed by atoms with Gasteiger partial charge in [0.05, 0.1) is 5.56 Å². The highest BCUT2D eigenvalue weighted by atomic mass is 19.1. The van der Waals surface area contributed by atoms with Gasteiger partial charge in [-0.2, -0.15) is 0 Å². The molecule has 1 heterocycles. The van der Waals surface area contributed by atoms with Crippen molar-refractivity contribution in [1.29, 1.82) is 0 Å². The molecule has 1 aromatic heterocycles. The van der Waals surface area contributed by atoms with Crippen molar-refractivity contribution >= 4 is 5.82 Å². The molecule has 0 aliphatic heterocycles. The fourth-order valence-corrected chi connectivity index (χ4v) is 2.24. The number of nitrogens with zero attached hydrogens (tertiary/aromatic N) is 1. The van der Waals surface area contributed by atoms with Crippen LogP contribution >= 0.6 is 0 Å². The van der Waals surface area contributed by atoms with Gasteiger partial charge in [-0.1, -0.05) is 41.6 Å². The summed E-state index contributed by atoms with van der Waals surface area (Å²) in [5.74, 6) is 0.499. The number of benzene rings is 2. The quantitative estimate of drug-likeness (QED) is 0.763. The highest BCUT2D eigenvalue weighted by Gasteiger charge is 2.19. The average Bonchev–Trinajstić information content (AvgIpc) is 2.81. The van der Waals surface area contributed by atoms with Crippen molar-refractivity contribution in [1.82, 2.24) is 5.16 Å². The third kappa shape index (κ3) is 2.05. The second-order valence-electron chi connectivity index (χ2n) is 4.60. The van der Waals surface area contributed by atoms with Gasteiger partial charge in [0.2, 0.25) is 0 Å². The maximum absolute atomic E-state index is 13.4. The maximum Gasteiger partial charge on any atom is 0.177 e. The van der Waals surface area contributed by atoms with Crippen LogP contribution in [0.5, 0.6) is 0 Å². The van der Waals surface area contributed by atoms with E-state index in [0.717, 1.165) is 11.1 Å². The van der Waals surface area contributed by atoms with Gasteiger partial charge in [-0.3, -0.25) is 0 Å². The van der Waals surface area contributed by atoms with Gasteiger partial charge in [0.1, 0.15) is 5.82 Å². The van der Waals surface area contributed by atoms with Crippen molar-refractivity contribution in [2.24, 2.45) is 0 Å². The summed E-state index contributed by atoms with van der Waals surface area (Å²) in [6.07, 6.45) is 0. The maximum atomic E-state index is 13.4. The Morgan fingerprint density at radius 1 is 1.10 bits per heavy atom. The molecule has 0 saturated heterocycles. The normalized spacial score (nSPS) is 10.7.